The lowest BCUT2D eigenvalue weighted by molar-refractivity contribution is -0.151. The molecular formula is C19H20O6. The van der Waals surface area contributed by atoms with Crippen molar-refractivity contribution in [3.63, 3.8) is 0 Å². The van der Waals surface area contributed by atoms with Crippen LogP contribution in [-0.4, -0.2) is 36.4 Å². The highest BCUT2D eigenvalue weighted by Gasteiger charge is 2.61. The summed E-state index contributed by atoms with van der Waals surface area (Å²) in [6.07, 6.45) is 1.42. The van der Waals surface area contributed by atoms with Gasteiger partial charge < -0.3 is 19.3 Å². The van der Waals surface area contributed by atoms with E-state index in [1.807, 2.05) is 12.1 Å². The van der Waals surface area contributed by atoms with Gasteiger partial charge in [0.2, 0.25) is 0 Å². The lowest BCUT2D eigenvalue weighted by Crippen LogP contribution is -2.47. The highest BCUT2D eigenvalue weighted by molar-refractivity contribution is 6.01. The van der Waals surface area contributed by atoms with Gasteiger partial charge in [-0.05, 0) is 38.5 Å². The number of carbonyl (C=O) groups is 2. The van der Waals surface area contributed by atoms with Gasteiger partial charge in [-0.3, -0.25) is 0 Å². The molecule has 6 nitrogen and oxygen atoms in total. The molecule has 0 aromatic heterocycles. The van der Waals surface area contributed by atoms with E-state index in [-0.39, 0.29) is 17.9 Å². The number of benzene rings is 1. The molecule has 2 aliphatic rings. The normalized spacial score (nSPS) is 30.6. The fourth-order valence-corrected chi connectivity index (χ4v) is 3.58. The van der Waals surface area contributed by atoms with Crippen molar-refractivity contribution < 1.29 is 28.9 Å². The van der Waals surface area contributed by atoms with Crippen LogP contribution in [0.2, 0.25) is 0 Å². The fourth-order valence-electron chi connectivity index (χ4n) is 3.58. The van der Waals surface area contributed by atoms with Crippen LogP contribution in [0.1, 0.15) is 26.3 Å². The van der Waals surface area contributed by atoms with Crippen LogP contribution >= 0.6 is 0 Å². The molecule has 0 saturated carbocycles. The Morgan fingerprint density at radius 2 is 1.84 bits per heavy atom. The summed E-state index contributed by atoms with van der Waals surface area (Å²) in [7, 11) is 1.57. The van der Waals surface area contributed by atoms with Crippen molar-refractivity contribution in [2.24, 2.45) is 5.41 Å². The van der Waals surface area contributed by atoms with E-state index in [1.54, 1.807) is 33.1 Å². The smallest absolute Gasteiger partial charge is 0.338 e. The molecule has 1 fully saturated rings. The average Bonchev–Trinajstić information content (AvgIpc) is 3.05. The molecule has 2 aliphatic heterocycles. The summed E-state index contributed by atoms with van der Waals surface area (Å²) in [5.41, 5.74) is -0.654. The molecule has 2 heterocycles. The first-order valence-corrected chi connectivity index (χ1v) is 7.90. The molecule has 2 atom stereocenters. The van der Waals surface area contributed by atoms with Crippen LogP contribution < -0.4 is 4.74 Å². The molecule has 0 radical (unpaired) electrons. The standard InChI is InChI=1S/C19H20O6/c1-11(20)16-17(22)24-10-18(16,2)19(3)14(9-15(21)25-19)12-5-7-13(23-4)8-6-12/h5-9,20H,10H2,1-4H3/b16-11+/t18-,19?/m1/s1. The van der Waals surface area contributed by atoms with Crippen LogP contribution in [0.5, 0.6) is 5.75 Å². The number of rotatable bonds is 3. The van der Waals surface area contributed by atoms with E-state index < -0.39 is 23.0 Å². The summed E-state index contributed by atoms with van der Waals surface area (Å²) in [6, 6.07) is 7.21. The monoisotopic (exact) mass is 344 g/mol. The van der Waals surface area contributed by atoms with Crippen LogP contribution in [-0.2, 0) is 19.1 Å². The molecule has 1 saturated heterocycles. The van der Waals surface area contributed by atoms with Gasteiger partial charge in [-0.2, -0.15) is 0 Å². The number of aliphatic hydroxyl groups is 1. The molecule has 25 heavy (non-hydrogen) atoms. The van der Waals surface area contributed by atoms with Gasteiger partial charge in [-0.1, -0.05) is 12.1 Å². The van der Waals surface area contributed by atoms with Crippen molar-refractivity contribution >= 4 is 17.5 Å². The predicted octanol–water partition coefficient (Wildman–Crippen LogP) is 2.79. The summed E-state index contributed by atoms with van der Waals surface area (Å²) in [5.74, 6) is -0.540. The molecule has 0 aliphatic carbocycles. The van der Waals surface area contributed by atoms with Gasteiger partial charge in [0.05, 0.1) is 18.1 Å². The first-order chi connectivity index (χ1) is 11.7. The Balaban J connectivity index is 2.13. The number of ether oxygens (including phenoxy) is 3. The van der Waals surface area contributed by atoms with Crippen LogP contribution in [0.3, 0.4) is 0 Å². The van der Waals surface area contributed by atoms with Gasteiger partial charge >= 0.3 is 11.9 Å². The Morgan fingerprint density at radius 1 is 1.20 bits per heavy atom. The summed E-state index contributed by atoms with van der Waals surface area (Å²) in [4.78, 5) is 24.2. The number of carbonyl (C=O) groups excluding carboxylic acids is 2. The number of esters is 2. The van der Waals surface area contributed by atoms with Crippen LogP contribution in [0.4, 0.5) is 0 Å². The van der Waals surface area contributed by atoms with Gasteiger partial charge in [-0.15, -0.1) is 0 Å². The first kappa shape index (κ1) is 17.1. The summed E-state index contributed by atoms with van der Waals surface area (Å²) < 4.78 is 16.0. The summed E-state index contributed by atoms with van der Waals surface area (Å²) in [5, 5.41) is 10.0. The predicted molar refractivity (Wildman–Crippen MR) is 89.9 cm³/mol. The lowest BCUT2D eigenvalue weighted by atomic mass is 9.66. The second-order valence-corrected chi connectivity index (χ2v) is 6.61. The zero-order valence-electron chi connectivity index (χ0n) is 14.6. The topological polar surface area (TPSA) is 82.1 Å². The Bertz CT molecular complexity index is 800. The number of hydrogen-bond donors (Lipinski definition) is 1. The SMILES string of the molecule is COc1ccc(C2=CC(=O)OC2(C)[C@]2(C)COC(=O)/C2=C(/C)O)cc1. The van der Waals surface area contributed by atoms with Gasteiger partial charge in [0.25, 0.3) is 0 Å². The highest BCUT2D eigenvalue weighted by Crippen LogP contribution is 2.54. The number of allylic oxidation sites excluding steroid dienone is 1. The minimum Gasteiger partial charge on any atom is -0.512 e. The van der Waals surface area contributed by atoms with Crippen LogP contribution in [0.15, 0.2) is 41.7 Å². The summed E-state index contributed by atoms with van der Waals surface area (Å²) >= 11 is 0. The Hall–Kier alpha value is -2.76. The zero-order chi connectivity index (χ0) is 18.4. The molecule has 6 heteroatoms. The van der Waals surface area contributed by atoms with Gasteiger partial charge in [0.15, 0.2) is 0 Å². The van der Waals surface area contributed by atoms with Crippen LogP contribution in [0.25, 0.3) is 5.57 Å². The largest absolute Gasteiger partial charge is 0.512 e. The second kappa shape index (κ2) is 5.65. The third-order valence-electron chi connectivity index (χ3n) is 5.14. The molecular weight excluding hydrogens is 324 g/mol. The maximum atomic E-state index is 12.1. The third-order valence-corrected chi connectivity index (χ3v) is 5.14. The van der Waals surface area contributed by atoms with Crippen molar-refractivity contribution in [2.75, 3.05) is 13.7 Å². The van der Waals surface area contributed by atoms with E-state index in [9.17, 15) is 14.7 Å². The number of methoxy groups -OCH3 is 1. The minimum atomic E-state index is -1.16. The maximum Gasteiger partial charge on any atom is 0.338 e. The Kier molecular flexibility index (Phi) is 3.86. The highest BCUT2D eigenvalue weighted by atomic mass is 16.6. The molecule has 3 rings (SSSR count). The molecule has 1 aromatic carbocycles. The maximum absolute atomic E-state index is 12.1. The second-order valence-electron chi connectivity index (χ2n) is 6.61. The third kappa shape index (κ3) is 2.40. The van der Waals surface area contributed by atoms with Crippen molar-refractivity contribution in [3.05, 3.63) is 47.2 Å². The first-order valence-electron chi connectivity index (χ1n) is 7.90. The number of hydrogen-bond acceptors (Lipinski definition) is 6. The van der Waals surface area contributed by atoms with Crippen molar-refractivity contribution in [3.8, 4) is 5.75 Å². The van der Waals surface area contributed by atoms with E-state index in [0.29, 0.717) is 11.3 Å². The zero-order valence-corrected chi connectivity index (χ0v) is 14.6. The lowest BCUT2D eigenvalue weighted by Gasteiger charge is -2.40. The van der Waals surface area contributed by atoms with Crippen molar-refractivity contribution in [1.82, 2.24) is 0 Å². The van der Waals surface area contributed by atoms with E-state index in [4.69, 9.17) is 14.2 Å². The van der Waals surface area contributed by atoms with Crippen molar-refractivity contribution in [2.45, 2.75) is 26.4 Å². The fraction of sp³-hybridized carbons (Fsp3) is 0.368. The van der Waals surface area contributed by atoms with E-state index in [1.165, 1.54) is 13.0 Å². The molecule has 1 N–H and O–H groups in total. The van der Waals surface area contributed by atoms with E-state index >= 15 is 0 Å². The van der Waals surface area contributed by atoms with Crippen molar-refractivity contribution in [1.29, 1.82) is 0 Å². The molecule has 0 spiro atoms. The quantitative estimate of drug-likeness (QED) is 0.516. The Morgan fingerprint density at radius 3 is 2.40 bits per heavy atom. The van der Waals surface area contributed by atoms with E-state index in [0.717, 1.165) is 5.56 Å². The molecule has 1 unspecified atom stereocenters. The molecule has 0 amide bonds. The molecule has 132 valence electrons. The number of aliphatic hydroxyl groups excluding tert-OH is 1. The van der Waals surface area contributed by atoms with Gasteiger partial charge in [-0.25, -0.2) is 9.59 Å². The number of cyclic esters (lactones) is 2. The molecule has 1 aromatic rings. The minimum absolute atomic E-state index is 0.0103. The Labute approximate surface area is 145 Å². The van der Waals surface area contributed by atoms with Crippen LogP contribution in [0, 0.1) is 5.41 Å². The molecule has 0 bridgehead atoms. The van der Waals surface area contributed by atoms with Gasteiger partial charge in [0.1, 0.15) is 23.7 Å². The van der Waals surface area contributed by atoms with Gasteiger partial charge in [0, 0.05) is 11.6 Å². The summed E-state index contributed by atoms with van der Waals surface area (Å²) in [6.45, 7) is 4.93. The average molecular weight is 344 g/mol. The van der Waals surface area contributed by atoms with E-state index in [2.05, 4.69) is 0 Å².